The monoisotopic (exact) mass is 212 g/mol. The number of hydrogen-bond acceptors (Lipinski definition) is 2. The van der Waals surface area contributed by atoms with Crippen molar-refractivity contribution in [3.63, 3.8) is 0 Å². The Morgan fingerprint density at radius 1 is 0.933 bits per heavy atom. The van der Waals surface area contributed by atoms with Crippen LogP contribution in [0.3, 0.4) is 0 Å². The molecule has 1 aliphatic heterocycles. The Morgan fingerprint density at radius 3 is 2.07 bits per heavy atom. The van der Waals surface area contributed by atoms with E-state index in [1.165, 1.54) is 45.6 Å². The topological polar surface area (TPSA) is 6.48 Å². The summed E-state index contributed by atoms with van der Waals surface area (Å²) in [5.41, 5.74) is 0. The number of hydrogen-bond donors (Lipinski definition) is 0. The summed E-state index contributed by atoms with van der Waals surface area (Å²) in [7, 11) is 2.22. The third-order valence-electron chi connectivity index (χ3n) is 3.40. The van der Waals surface area contributed by atoms with Crippen LogP contribution in [-0.4, -0.2) is 49.6 Å². The molecule has 0 aromatic heterocycles. The van der Waals surface area contributed by atoms with E-state index in [1.807, 2.05) is 0 Å². The molecule has 1 aliphatic rings. The van der Waals surface area contributed by atoms with Crippen LogP contribution in [0.1, 0.15) is 33.6 Å². The summed E-state index contributed by atoms with van der Waals surface area (Å²) < 4.78 is 0. The van der Waals surface area contributed by atoms with Gasteiger partial charge in [-0.25, -0.2) is 0 Å². The van der Waals surface area contributed by atoms with Crippen molar-refractivity contribution in [3.8, 4) is 0 Å². The minimum atomic E-state index is 0.861. The molecule has 15 heavy (non-hydrogen) atoms. The van der Waals surface area contributed by atoms with Gasteiger partial charge >= 0.3 is 0 Å². The van der Waals surface area contributed by atoms with Crippen molar-refractivity contribution in [2.45, 2.75) is 33.6 Å². The quantitative estimate of drug-likeness (QED) is 0.690. The van der Waals surface area contributed by atoms with Crippen LogP contribution in [0.4, 0.5) is 0 Å². The summed E-state index contributed by atoms with van der Waals surface area (Å²) >= 11 is 0. The first-order valence-electron chi connectivity index (χ1n) is 6.49. The van der Waals surface area contributed by atoms with Gasteiger partial charge in [-0.2, -0.15) is 0 Å². The Hall–Kier alpha value is -0.0800. The normalized spacial score (nSPS) is 22.2. The standard InChI is InChI=1S/C13H28N2/c1-12(2)5-6-13(3)11-15-9-7-14(4)8-10-15/h12-13H,5-11H2,1-4H3. The first kappa shape index (κ1) is 13.0. The lowest BCUT2D eigenvalue weighted by molar-refractivity contribution is 0.136. The third-order valence-corrected chi connectivity index (χ3v) is 3.40. The summed E-state index contributed by atoms with van der Waals surface area (Å²) in [6, 6.07) is 0. The Morgan fingerprint density at radius 2 is 1.53 bits per heavy atom. The Kier molecular flexibility index (Phi) is 5.62. The molecule has 0 saturated carbocycles. The molecule has 1 fully saturated rings. The van der Waals surface area contributed by atoms with Gasteiger partial charge < -0.3 is 9.80 Å². The van der Waals surface area contributed by atoms with Gasteiger partial charge in [0.2, 0.25) is 0 Å². The Balaban J connectivity index is 2.12. The molecule has 0 spiro atoms. The maximum absolute atomic E-state index is 2.63. The molecule has 2 heteroatoms. The number of likely N-dealkylation sites (N-methyl/N-ethyl adjacent to an activating group) is 1. The summed E-state index contributed by atoms with van der Waals surface area (Å²) in [5.74, 6) is 1.73. The van der Waals surface area contributed by atoms with Crippen molar-refractivity contribution in [1.29, 1.82) is 0 Å². The molecule has 1 heterocycles. The van der Waals surface area contributed by atoms with Crippen molar-refractivity contribution < 1.29 is 0 Å². The molecule has 0 aromatic rings. The average Bonchev–Trinajstić information content (AvgIpc) is 2.19. The summed E-state index contributed by atoms with van der Waals surface area (Å²) in [6.07, 6.45) is 2.78. The van der Waals surface area contributed by atoms with Gasteiger partial charge in [-0.1, -0.05) is 27.2 Å². The molecule has 0 aliphatic carbocycles. The van der Waals surface area contributed by atoms with E-state index in [2.05, 4.69) is 37.6 Å². The maximum Gasteiger partial charge on any atom is 0.0110 e. The number of piperazine rings is 1. The highest BCUT2D eigenvalue weighted by Crippen LogP contribution is 2.13. The van der Waals surface area contributed by atoms with E-state index >= 15 is 0 Å². The van der Waals surface area contributed by atoms with Crippen molar-refractivity contribution in [1.82, 2.24) is 9.80 Å². The zero-order valence-corrected chi connectivity index (χ0v) is 11.0. The predicted octanol–water partition coefficient (Wildman–Crippen LogP) is 2.31. The van der Waals surface area contributed by atoms with Crippen molar-refractivity contribution >= 4 is 0 Å². The van der Waals surface area contributed by atoms with Crippen LogP contribution in [0, 0.1) is 11.8 Å². The van der Waals surface area contributed by atoms with Crippen molar-refractivity contribution in [2.75, 3.05) is 39.8 Å². The van der Waals surface area contributed by atoms with Gasteiger partial charge in [0.15, 0.2) is 0 Å². The van der Waals surface area contributed by atoms with Gasteiger partial charge in [0.05, 0.1) is 0 Å². The molecule has 0 amide bonds. The van der Waals surface area contributed by atoms with Gasteiger partial charge in [0.25, 0.3) is 0 Å². The van der Waals surface area contributed by atoms with E-state index < -0.39 is 0 Å². The number of nitrogens with zero attached hydrogens (tertiary/aromatic N) is 2. The zero-order chi connectivity index (χ0) is 11.3. The highest BCUT2D eigenvalue weighted by atomic mass is 15.2. The van der Waals surface area contributed by atoms with Crippen LogP contribution in [0.25, 0.3) is 0 Å². The van der Waals surface area contributed by atoms with E-state index in [0.29, 0.717) is 0 Å². The Bertz CT molecular complexity index is 160. The molecule has 0 bridgehead atoms. The first-order valence-corrected chi connectivity index (χ1v) is 6.49. The van der Waals surface area contributed by atoms with Gasteiger partial charge in [-0.15, -0.1) is 0 Å². The molecule has 0 N–H and O–H groups in total. The van der Waals surface area contributed by atoms with Crippen molar-refractivity contribution in [2.24, 2.45) is 11.8 Å². The Labute approximate surface area is 95.6 Å². The molecule has 90 valence electrons. The molecule has 0 radical (unpaired) electrons. The van der Waals surface area contributed by atoms with Crippen LogP contribution in [0.2, 0.25) is 0 Å². The molecule has 1 unspecified atom stereocenters. The second-order valence-electron chi connectivity index (χ2n) is 5.68. The fourth-order valence-corrected chi connectivity index (χ4v) is 2.18. The van der Waals surface area contributed by atoms with Gasteiger partial charge in [-0.05, 0) is 25.3 Å². The maximum atomic E-state index is 2.63. The second kappa shape index (κ2) is 6.49. The predicted molar refractivity (Wildman–Crippen MR) is 67.2 cm³/mol. The molecule has 0 aromatic carbocycles. The van der Waals surface area contributed by atoms with Gasteiger partial charge in [-0.3, -0.25) is 0 Å². The number of rotatable bonds is 5. The fraction of sp³-hybridized carbons (Fsp3) is 1.00. The molecule has 2 nitrogen and oxygen atoms in total. The van der Waals surface area contributed by atoms with Crippen LogP contribution >= 0.6 is 0 Å². The van der Waals surface area contributed by atoms with E-state index in [4.69, 9.17) is 0 Å². The molecular weight excluding hydrogens is 184 g/mol. The van der Waals surface area contributed by atoms with E-state index in [1.54, 1.807) is 0 Å². The molecule has 1 atom stereocenters. The van der Waals surface area contributed by atoms with Crippen molar-refractivity contribution in [3.05, 3.63) is 0 Å². The zero-order valence-electron chi connectivity index (χ0n) is 11.0. The van der Waals surface area contributed by atoms with Crippen LogP contribution in [0.15, 0.2) is 0 Å². The van der Waals surface area contributed by atoms with Gasteiger partial charge in [0, 0.05) is 32.7 Å². The highest BCUT2D eigenvalue weighted by molar-refractivity contribution is 4.71. The van der Waals surface area contributed by atoms with E-state index in [9.17, 15) is 0 Å². The largest absolute Gasteiger partial charge is 0.304 e. The SMILES string of the molecule is CC(C)CCC(C)CN1CCN(C)CC1. The van der Waals surface area contributed by atoms with E-state index in [-0.39, 0.29) is 0 Å². The van der Waals surface area contributed by atoms with Crippen LogP contribution in [-0.2, 0) is 0 Å². The molecule has 1 saturated heterocycles. The summed E-state index contributed by atoms with van der Waals surface area (Å²) in [4.78, 5) is 5.06. The minimum absolute atomic E-state index is 0.861. The molecular formula is C13H28N2. The van der Waals surface area contributed by atoms with Crippen LogP contribution in [0.5, 0.6) is 0 Å². The first-order chi connectivity index (χ1) is 7.08. The second-order valence-corrected chi connectivity index (χ2v) is 5.68. The smallest absolute Gasteiger partial charge is 0.0110 e. The lowest BCUT2D eigenvalue weighted by atomic mass is 9.99. The minimum Gasteiger partial charge on any atom is -0.304 e. The third kappa shape index (κ3) is 5.53. The fourth-order valence-electron chi connectivity index (χ4n) is 2.18. The molecule has 1 rings (SSSR count). The lowest BCUT2D eigenvalue weighted by Crippen LogP contribution is -2.45. The van der Waals surface area contributed by atoms with E-state index in [0.717, 1.165) is 11.8 Å². The highest BCUT2D eigenvalue weighted by Gasteiger charge is 2.15. The van der Waals surface area contributed by atoms with Crippen LogP contribution < -0.4 is 0 Å². The average molecular weight is 212 g/mol. The summed E-state index contributed by atoms with van der Waals surface area (Å²) in [5, 5.41) is 0. The van der Waals surface area contributed by atoms with Gasteiger partial charge in [0.1, 0.15) is 0 Å². The lowest BCUT2D eigenvalue weighted by Gasteiger charge is -2.34. The summed E-state index contributed by atoms with van der Waals surface area (Å²) in [6.45, 7) is 13.4.